The van der Waals surface area contributed by atoms with E-state index in [2.05, 4.69) is 22.9 Å². The fourth-order valence-electron chi connectivity index (χ4n) is 1.89. The average Bonchev–Trinajstić information content (AvgIpc) is 2.84. The Hall–Kier alpha value is -0.120. The maximum atomic E-state index is 13.2. The molecule has 0 saturated heterocycles. The van der Waals surface area contributed by atoms with E-state index in [1.165, 1.54) is 0 Å². The molecule has 1 fully saturated rings. The Kier molecular flexibility index (Phi) is 3.80. The minimum Gasteiger partial charge on any atom is -0.325 e. The predicted octanol–water partition coefficient (Wildman–Crippen LogP) is 3.60. The lowest BCUT2D eigenvalue weighted by molar-refractivity contribution is 0.608. The Morgan fingerprint density at radius 3 is 2.73 bits per heavy atom. The molecule has 0 aliphatic heterocycles. The summed E-state index contributed by atoms with van der Waals surface area (Å²) in [6.45, 7) is 2.08. The summed E-state index contributed by atoms with van der Waals surface area (Å²) in [5.41, 5.74) is 7.02. The Labute approximate surface area is 104 Å². The Bertz CT molecular complexity index is 372. The highest BCUT2D eigenvalue weighted by Crippen LogP contribution is 2.51. The molecule has 1 saturated carbocycles. The highest BCUT2D eigenvalue weighted by molar-refractivity contribution is 9.10. The van der Waals surface area contributed by atoms with Crippen molar-refractivity contribution in [2.24, 2.45) is 5.73 Å². The molecule has 1 nitrogen and oxygen atoms in total. The molecule has 2 rings (SSSR count). The molecule has 4 heteroatoms. The quantitative estimate of drug-likeness (QED) is 0.886. The van der Waals surface area contributed by atoms with Crippen molar-refractivity contribution in [3.8, 4) is 0 Å². The van der Waals surface area contributed by atoms with E-state index in [4.69, 9.17) is 5.73 Å². The molecule has 0 bridgehead atoms. The molecule has 84 valence electrons. The van der Waals surface area contributed by atoms with Gasteiger partial charge in [-0.25, -0.2) is 4.39 Å². The van der Waals surface area contributed by atoms with Crippen LogP contribution in [-0.2, 0) is 0 Å². The summed E-state index contributed by atoms with van der Waals surface area (Å²) < 4.78 is 13.8. The summed E-state index contributed by atoms with van der Waals surface area (Å²) in [6, 6.07) is 5.28. The molecule has 0 aromatic heterocycles. The Balaban J connectivity index is 0.00000112. The lowest BCUT2D eigenvalue weighted by atomic mass is 10.1. The second kappa shape index (κ2) is 4.40. The van der Waals surface area contributed by atoms with Gasteiger partial charge >= 0.3 is 0 Å². The summed E-state index contributed by atoms with van der Waals surface area (Å²) in [6.07, 6.45) is 1.93. The molecule has 0 unspecified atom stereocenters. The molecular formula is C11H14BrClFN. The number of hydrogen-bond acceptors (Lipinski definition) is 1. The maximum Gasteiger partial charge on any atom is 0.137 e. The van der Waals surface area contributed by atoms with E-state index >= 15 is 0 Å². The van der Waals surface area contributed by atoms with Gasteiger partial charge in [0.15, 0.2) is 0 Å². The van der Waals surface area contributed by atoms with Gasteiger partial charge in [0.05, 0.1) is 4.47 Å². The second-order valence-electron chi connectivity index (χ2n) is 4.02. The van der Waals surface area contributed by atoms with Crippen LogP contribution in [0.2, 0.25) is 0 Å². The van der Waals surface area contributed by atoms with Crippen molar-refractivity contribution in [3.63, 3.8) is 0 Å². The predicted molar refractivity (Wildman–Crippen MR) is 65.9 cm³/mol. The van der Waals surface area contributed by atoms with Crippen LogP contribution < -0.4 is 5.73 Å². The van der Waals surface area contributed by atoms with Gasteiger partial charge in [0.2, 0.25) is 0 Å². The number of benzene rings is 1. The molecule has 1 aromatic carbocycles. The third kappa shape index (κ3) is 2.35. The monoisotopic (exact) mass is 293 g/mol. The highest BCUT2D eigenvalue weighted by atomic mass is 79.9. The van der Waals surface area contributed by atoms with Crippen molar-refractivity contribution in [2.75, 3.05) is 0 Å². The molecule has 1 aliphatic carbocycles. The molecule has 1 aromatic rings. The second-order valence-corrected chi connectivity index (χ2v) is 4.87. The van der Waals surface area contributed by atoms with Gasteiger partial charge in [0.1, 0.15) is 5.82 Å². The van der Waals surface area contributed by atoms with Crippen molar-refractivity contribution < 1.29 is 4.39 Å². The summed E-state index contributed by atoms with van der Waals surface area (Å²) in [7, 11) is 0. The van der Waals surface area contributed by atoms with Gasteiger partial charge in [-0.3, -0.25) is 0 Å². The molecule has 1 aliphatic rings. The largest absolute Gasteiger partial charge is 0.325 e. The zero-order valence-electron chi connectivity index (χ0n) is 8.47. The lowest BCUT2D eigenvalue weighted by Crippen LogP contribution is -2.22. The van der Waals surface area contributed by atoms with Crippen LogP contribution in [0.15, 0.2) is 22.7 Å². The molecule has 15 heavy (non-hydrogen) atoms. The van der Waals surface area contributed by atoms with E-state index < -0.39 is 0 Å². The van der Waals surface area contributed by atoms with Crippen LogP contribution in [0.4, 0.5) is 4.39 Å². The number of rotatable bonds is 2. The van der Waals surface area contributed by atoms with Crippen LogP contribution >= 0.6 is 28.3 Å². The normalized spacial score (nSPS) is 28.4. The average molecular weight is 295 g/mol. The first-order valence-corrected chi connectivity index (χ1v) is 5.60. The number of hydrogen-bond donors (Lipinski definition) is 1. The van der Waals surface area contributed by atoms with Crippen molar-refractivity contribution in [1.82, 2.24) is 0 Å². The van der Waals surface area contributed by atoms with Gasteiger partial charge in [-0.1, -0.05) is 13.0 Å². The summed E-state index contributed by atoms with van der Waals surface area (Å²) >= 11 is 3.14. The smallest absolute Gasteiger partial charge is 0.137 e. The van der Waals surface area contributed by atoms with Crippen molar-refractivity contribution in [3.05, 3.63) is 34.1 Å². The third-order valence-corrected chi connectivity index (χ3v) is 3.77. The van der Waals surface area contributed by atoms with Crippen LogP contribution in [0.1, 0.15) is 31.2 Å². The number of halogens is 3. The van der Waals surface area contributed by atoms with Gasteiger partial charge in [-0.2, -0.15) is 0 Å². The van der Waals surface area contributed by atoms with Crippen LogP contribution in [0.25, 0.3) is 0 Å². The zero-order valence-corrected chi connectivity index (χ0v) is 10.9. The van der Waals surface area contributed by atoms with E-state index in [9.17, 15) is 4.39 Å². The van der Waals surface area contributed by atoms with Gasteiger partial charge in [0.25, 0.3) is 0 Å². The van der Waals surface area contributed by atoms with E-state index in [1.54, 1.807) is 12.1 Å². The van der Waals surface area contributed by atoms with Gasteiger partial charge in [-0.05, 0) is 46.5 Å². The first-order valence-electron chi connectivity index (χ1n) is 4.80. The molecule has 0 heterocycles. The first-order chi connectivity index (χ1) is 6.57. The van der Waals surface area contributed by atoms with E-state index in [0.29, 0.717) is 10.4 Å². The summed E-state index contributed by atoms with van der Waals surface area (Å²) in [5, 5.41) is 0. The maximum absolute atomic E-state index is 13.2. The molecule has 0 spiro atoms. The van der Waals surface area contributed by atoms with Gasteiger partial charge in [0, 0.05) is 11.5 Å². The fourth-order valence-corrected chi connectivity index (χ4v) is 2.14. The zero-order chi connectivity index (χ0) is 10.3. The topological polar surface area (TPSA) is 26.0 Å². The van der Waals surface area contributed by atoms with E-state index in [0.717, 1.165) is 18.4 Å². The standard InChI is InChI=1S/C11H13BrFN.ClH/c1-2-11(14)6-8(11)7-3-4-9(12)10(13)5-7;/h3-5,8H,2,6,14H2,1H3;1H/t8-,11+;/m1./s1. The molecule has 2 atom stereocenters. The van der Waals surface area contributed by atoms with E-state index in [1.807, 2.05) is 6.07 Å². The SMILES string of the molecule is CC[C@]1(N)C[C@@H]1c1ccc(Br)c(F)c1.Cl. The summed E-state index contributed by atoms with van der Waals surface area (Å²) in [4.78, 5) is 0. The van der Waals surface area contributed by atoms with Crippen LogP contribution in [0.3, 0.4) is 0 Å². The molecule has 0 amide bonds. The molecular weight excluding hydrogens is 280 g/mol. The molecule has 2 N–H and O–H groups in total. The Morgan fingerprint density at radius 2 is 2.27 bits per heavy atom. The minimum atomic E-state index is -0.201. The highest BCUT2D eigenvalue weighted by Gasteiger charge is 2.50. The first kappa shape index (κ1) is 12.9. The van der Waals surface area contributed by atoms with Gasteiger partial charge < -0.3 is 5.73 Å². The van der Waals surface area contributed by atoms with Crippen LogP contribution in [0.5, 0.6) is 0 Å². The lowest BCUT2D eigenvalue weighted by Gasteiger charge is -2.08. The Morgan fingerprint density at radius 1 is 1.60 bits per heavy atom. The fraction of sp³-hybridized carbons (Fsp3) is 0.455. The van der Waals surface area contributed by atoms with E-state index in [-0.39, 0.29) is 23.8 Å². The molecule has 0 radical (unpaired) electrons. The van der Waals surface area contributed by atoms with Crippen molar-refractivity contribution in [2.45, 2.75) is 31.2 Å². The van der Waals surface area contributed by atoms with Crippen LogP contribution in [0, 0.1) is 5.82 Å². The minimum absolute atomic E-state index is 0. The van der Waals surface area contributed by atoms with Crippen LogP contribution in [-0.4, -0.2) is 5.54 Å². The third-order valence-electron chi connectivity index (χ3n) is 3.12. The van der Waals surface area contributed by atoms with Crippen molar-refractivity contribution >= 4 is 28.3 Å². The van der Waals surface area contributed by atoms with Gasteiger partial charge in [-0.15, -0.1) is 12.4 Å². The van der Waals surface area contributed by atoms with Crippen molar-refractivity contribution in [1.29, 1.82) is 0 Å². The number of nitrogens with two attached hydrogens (primary N) is 1. The summed E-state index contributed by atoms with van der Waals surface area (Å²) in [5.74, 6) is 0.142.